The number of rotatable bonds is 5. The normalized spacial score (nSPS) is 16.7. The van der Waals surface area contributed by atoms with Crippen LogP contribution in [0.4, 0.5) is 5.82 Å². The summed E-state index contributed by atoms with van der Waals surface area (Å²) in [5.41, 5.74) is 0. The van der Waals surface area contributed by atoms with Crippen LogP contribution < -0.4 is 10.6 Å². The lowest BCUT2D eigenvalue weighted by Gasteiger charge is -2.21. The number of anilines is 1. The number of carbonyl (C=O) groups is 1. The van der Waals surface area contributed by atoms with Crippen molar-refractivity contribution in [2.24, 2.45) is 5.92 Å². The molecule has 2 rings (SSSR count). The van der Waals surface area contributed by atoms with Crippen molar-refractivity contribution < 1.29 is 4.79 Å². The Morgan fingerprint density at radius 2 is 2.33 bits per heavy atom. The second-order valence-electron chi connectivity index (χ2n) is 4.81. The summed E-state index contributed by atoms with van der Waals surface area (Å²) in [6.07, 6.45) is 5.80. The van der Waals surface area contributed by atoms with Gasteiger partial charge in [0.15, 0.2) is 0 Å². The first-order valence-electron chi connectivity index (χ1n) is 6.84. The summed E-state index contributed by atoms with van der Waals surface area (Å²) >= 11 is 0. The summed E-state index contributed by atoms with van der Waals surface area (Å²) < 4.78 is 1.88. The molecule has 5 nitrogen and oxygen atoms in total. The molecule has 0 radical (unpaired) electrons. The van der Waals surface area contributed by atoms with Gasteiger partial charge in [-0.2, -0.15) is 5.10 Å². The molecule has 2 heterocycles. The van der Waals surface area contributed by atoms with Gasteiger partial charge in [0.2, 0.25) is 5.91 Å². The van der Waals surface area contributed by atoms with Crippen LogP contribution in [0.1, 0.15) is 32.6 Å². The molecule has 1 fully saturated rings. The smallest absolute Gasteiger partial charge is 0.228 e. The van der Waals surface area contributed by atoms with Gasteiger partial charge >= 0.3 is 0 Å². The van der Waals surface area contributed by atoms with Gasteiger partial charge in [-0.3, -0.25) is 4.79 Å². The third-order valence-electron chi connectivity index (χ3n) is 3.40. The second-order valence-corrected chi connectivity index (χ2v) is 4.81. The van der Waals surface area contributed by atoms with Gasteiger partial charge in [0.25, 0.3) is 0 Å². The largest absolute Gasteiger partial charge is 0.317 e. The molecule has 5 heteroatoms. The number of hydrogen-bond donors (Lipinski definition) is 2. The highest BCUT2D eigenvalue weighted by Gasteiger charge is 2.21. The monoisotopic (exact) mass is 250 g/mol. The van der Waals surface area contributed by atoms with Gasteiger partial charge < -0.3 is 10.6 Å². The summed E-state index contributed by atoms with van der Waals surface area (Å²) in [7, 11) is 0. The molecule has 1 saturated heterocycles. The first-order valence-corrected chi connectivity index (χ1v) is 6.84. The van der Waals surface area contributed by atoms with Crippen molar-refractivity contribution in [3.8, 4) is 0 Å². The SMILES string of the molecule is CCCCn1nccc1NC(=O)C1CCNCC1. The van der Waals surface area contributed by atoms with Crippen LogP contribution in [0.25, 0.3) is 0 Å². The Morgan fingerprint density at radius 3 is 3.06 bits per heavy atom. The molecule has 2 N–H and O–H groups in total. The van der Waals surface area contributed by atoms with Crippen molar-refractivity contribution in [2.45, 2.75) is 39.2 Å². The Morgan fingerprint density at radius 1 is 1.56 bits per heavy atom. The fourth-order valence-corrected chi connectivity index (χ4v) is 2.24. The summed E-state index contributed by atoms with van der Waals surface area (Å²) in [4.78, 5) is 12.1. The maximum Gasteiger partial charge on any atom is 0.228 e. The van der Waals surface area contributed by atoms with Crippen molar-refractivity contribution >= 4 is 11.7 Å². The standard InChI is InChI=1S/C13H22N4O/c1-2-3-10-17-12(6-9-15-17)16-13(18)11-4-7-14-8-5-11/h6,9,11,14H,2-5,7-8,10H2,1H3,(H,16,18). The first kappa shape index (κ1) is 13.1. The van der Waals surface area contributed by atoms with Crippen LogP contribution in [0.3, 0.4) is 0 Å². The molecule has 100 valence electrons. The number of nitrogens with one attached hydrogen (secondary N) is 2. The molecule has 1 amide bonds. The van der Waals surface area contributed by atoms with Crippen molar-refractivity contribution in [1.29, 1.82) is 0 Å². The van der Waals surface area contributed by atoms with Crippen LogP contribution in [0.5, 0.6) is 0 Å². The molecule has 0 spiro atoms. The van der Waals surface area contributed by atoms with Gasteiger partial charge in [0.1, 0.15) is 5.82 Å². The third-order valence-corrected chi connectivity index (χ3v) is 3.40. The zero-order valence-electron chi connectivity index (χ0n) is 11.0. The molecular formula is C13H22N4O. The number of nitrogens with zero attached hydrogens (tertiary/aromatic N) is 2. The number of aryl methyl sites for hydroxylation is 1. The molecule has 0 saturated carbocycles. The highest BCUT2D eigenvalue weighted by molar-refractivity contribution is 5.91. The van der Waals surface area contributed by atoms with Gasteiger partial charge in [0, 0.05) is 18.5 Å². The summed E-state index contributed by atoms with van der Waals surface area (Å²) in [5, 5.41) is 10.5. The average Bonchev–Trinajstić information content (AvgIpc) is 2.84. The summed E-state index contributed by atoms with van der Waals surface area (Å²) in [5.74, 6) is 1.10. The number of amides is 1. The van der Waals surface area contributed by atoms with E-state index >= 15 is 0 Å². The molecule has 18 heavy (non-hydrogen) atoms. The van der Waals surface area contributed by atoms with Gasteiger partial charge in [-0.05, 0) is 32.4 Å². The summed E-state index contributed by atoms with van der Waals surface area (Å²) in [6.45, 7) is 4.89. The van der Waals surface area contributed by atoms with Gasteiger partial charge in [-0.25, -0.2) is 4.68 Å². The highest BCUT2D eigenvalue weighted by Crippen LogP contribution is 2.15. The molecule has 0 unspecified atom stereocenters. The molecule has 1 aromatic heterocycles. The Kier molecular flexibility index (Phi) is 4.75. The number of carbonyl (C=O) groups excluding carboxylic acids is 1. The van der Waals surface area contributed by atoms with E-state index in [9.17, 15) is 4.79 Å². The maximum atomic E-state index is 12.1. The van der Waals surface area contributed by atoms with E-state index in [1.54, 1.807) is 6.20 Å². The van der Waals surface area contributed by atoms with Crippen molar-refractivity contribution in [2.75, 3.05) is 18.4 Å². The van der Waals surface area contributed by atoms with Crippen LogP contribution in [0.2, 0.25) is 0 Å². The lowest BCUT2D eigenvalue weighted by atomic mass is 9.97. The van der Waals surface area contributed by atoms with Crippen molar-refractivity contribution in [3.63, 3.8) is 0 Å². The fourth-order valence-electron chi connectivity index (χ4n) is 2.24. The lowest BCUT2D eigenvalue weighted by Crippen LogP contribution is -2.35. The Hall–Kier alpha value is -1.36. The lowest BCUT2D eigenvalue weighted by molar-refractivity contribution is -0.120. The summed E-state index contributed by atoms with van der Waals surface area (Å²) in [6, 6.07) is 1.87. The van der Waals surface area contributed by atoms with Crippen LogP contribution in [0.15, 0.2) is 12.3 Å². The topological polar surface area (TPSA) is 59.0 Å². The predicted molar refractivity (Wildman–Crippen MR) is 71.4 cm³/mol. The van der Waals surface area contributed by atoms with Crippen LogP contribution in [-0.2, 0) is 11.3 Å². The number of unbranched alkanes of at least 4 members (excludes halogenated alkanes) is 1. The number of aromatic nitrogens is 2. The van der Waals surface area contributed by atoms with E-state index in [4.69, 9.17) is 0 Å². The third kappa shape index (κ3) is 3.32. The van der Waals surface area contributed by atoms with E-state index in [1.807, 2.05) is 10.7 Å². The molecule has 0 aromatic carbocycles. The van der Waals surface area contributed by atoms with Gasteiger partial charge in [-0.1, -0.05) is 13.3 Å². The van der Waals surface area contributed by atoms with Crippen LogP contribution >= 0.6 is 0 Å². The predicted octanol–water partition coefficient (Wildman–Crippen LogP) is 1.62. The maximum absolute atomic E-state index is 12.1. The second kappa shape index (κ2) is 6.54. The minimum Gasteiger partial charge on any atom is -0.317 e. The van der Waals surface area contributed by atoms with E-state index in [1.165, 1.54) is 0 Å². The molecule has 1 aromatic rings. The quantitative estimate of drug-likeness (QED) is 0.835. The molecule has 1 aliphatic heterocycles. The first-order chi connectivity index (χ1) is 8.81. The van der Waals surface area contributed by atoms with Gasteiger partial charge in [0.05, 0.1) is 6.20 Å². The number of piperidine rings is 1. The number of hydrogen-bond acceptors (Lipinski definition) is 3. The Bertz CT molecular complexity index is 382. The fraction of sp³-hybridized carbons (Fsp3) is 0.692. The zero-order chi connectivity index (χ0) is 12.8. The zero-order valence-corrected chi connectivity index (χ0v) is 11.0. The Labute approximate surface area is 108 Å². The van der Waals surface area contributed by atoms with E-state index in [2.05, 4.69) is 22.7 Å². The Balaban J connectivity index is 1.91. The van der Waals surface area contributed by atoms with Crippen LogP contribution in [0, 0.1) is 5.92 Å². The van der Waals surface area contributed by atoms with Crippen molar-refractivity contribution in [3.05, 3.63) is 12.3 Å². The van der Waals surface area contributed by atoms with E-state index < -0.39 is 0 Å². The highest BCUT2D eigenvalue weighted by atomic mass is 16.2. The minimum atomic E-state index is 0.134. The molecule has 1 aliphatic rings. The van der Waals surface area contributed by atoms with E-state index in [0.717, 1.165) is 51.1 Å². The van der Waals surface area contributed by atoms with Crippen molar-refractivity contribution in [1.82, 2.24) is 15.1 Å². The molecular weight excluding hydrogens is 228 g/mol. The van der Waals surface area contributed by atoms with E-state index in [0.29, 0.717) is 0 Å². The minimum absolute atomic E-state index is 0.134. The average molecular weight is 250 g/mol. The molecule has 0 aliphatic carbocycles. The molecule has 0 bridgehead atoms. The van der Waals surface area contributed by atoms with Crippen LogP contribution in [-0.4, -0.2) is 28.8 Å². The molecule has 0 atom stereocenters. The van der Waals surface area contributed by atoms with Gasteiger partial charge in [-0.15, -0.1) is 0 Å². The van der Waals surface area contributed by atoms with E-state index in [-0.39, 0.29) is 11.8 Å².